The Bertz CT molecular complexity index is 2750. The van der Waals surface area contributed by atoms with Crippen LogP contribution in [0.25, 0.3) is 78.4 Å². The highest BCUT2D eigenvalue weighted by Crippen LogP contribution is 2.58. The average Bonchev–Trinajstić information content (AvgIpc) is 3.55. The first-order chi connectivity index (χ1) is 27.7. The lowest BCUT2D eigenvalue weighted by Crippen LogP contribution is -2.28. The smallest absolute Gasteiger partial charge is 0.160 e. The van der Waals surface area contributed by atoms with Crippen molar-refractivity contribution in [2.75, 3.05) is 0 Å². The molecule has 56 heavy (non-hydrogen) atoms. The fraction of sp³-hybridized carbons (Fsp3) is 0.113. The van der Waals surface area contributed by atoms with Crippen LogP contribution in [0, 0.1) is 11.3 Å². The number of nitrogens with zero attached hydrogens (tertiary/aromatic N) is 3. The summed E-state index contributed by atoms with van der Waals surface area (Å²) in [6.45, 7) is 0. The predicted octanol–water partition coefficient (Wildman–Crippen LogP) is 13.6. The van der Waals surface area contributed by atoms with Crippen LogP contribution in [-0.2, 0) is 5.41 Å². The molecule has 0 unspecified atom stereocenters. The maximum Gasteiger partial charge on any atom is 0.160 e. The van der Waals surface area contributed by atoms with Crippen LogP contribution in [0.4, 0.5) is 0 Å². The minimum Gasteiger partial charge on any atom is -0.228 e. The number of aromatic nitrogens is 2. The molecule has 0 radical (unpaired) electrons. The molecule has 0 aliphatic heterocycles. The van der Waals surface area contributed by atoms with E-state index in [1.165, 1.54) is 63.8 Å². The maximum absolute atomic E-state index is 9.81. The largest absolute Gasteiger partial charge is 0.228 e. The quantitative estimate of drug-likeness (QED) is 0.172. The van der Waals surface area contributed by atoms with Crippen molar-refractivity contribution in [3.63, 3.8) is 0 Å². The van der Waals surface area contributed by atoms with Gasteiger partial charge in [0.25, 0.3) is 0 Å². The molecular weight excluding hydrogens is 679 g/mol. The number of rotatable bonds is 6. The molecule has 10 rings (SSSR count). The summed E-state index contributed by atoms with van der Waals surface area (Å²) in [4.78, 5) is 10.2. The van der Waals surface area contributed by atoms with Gasteiger partial charge in [-0.2, -0.15) is 5.26 Å². The van der Waals surface area contributed by atoms with Crippen molar-refractivity contribution in [2.45, 2.75) is 37.5 Å². The van der Waals surface area contributed by atoms with Crippen LogP contribution in [0.5, 0.6) is 0 Å². The van der Waals surface area contributed by atoms with Gasteiger partial charge >= 0.3 is 0 Å². The first-order valence-electron chi connectivity index (χ1n) is 19.7. The molecule has 0 amide bonds. The average molecular weight is 718 g/mol. The van der Waals surface area contributed by atoms with Crippen LogP contribution >= 0.6 is 0 Å². The Morgan fingerprint density at radius 3 is 1.70 bits per heavy atom. The molecule has 1 spiro atoms. The Labute approximate surface area is 328 Å². The lowest BCUT2D eigenvalue weighted by Gasteiger charge is -2.36. The van der Waals surface area contributed by atoms with E-state index in [0.29, 0.717) is 5.82 Å². The molecule has 1 heterocycles. The number of fused-ring (bicyclic) bond motifs is 5. The van der Waals surface area contributed by atoms with Gasteiger partial charge in [0, 0.05) is 22.1 Å². The zero-order chi connectivity index (χ0) is 37.5. The standard InChI is InChI=1S/C53H39N3/c54-35-36-20-29-46-48(32-36)53(30-8-3-9-31-53)47-19-11-18-45(51(46)47)40-25-21-39(22-26-40)43-16-10-17-44(33-43)50-34-49(55-52(56-50)42-14-6-2-7-15-42)41-27-23-38(24-28-41)37-12-4-1-5-13-37/h1-2,4-7,10-29,32-34H,3,8-9,30-31H2. The molecule has 3 heteroatoms. The van der Waals surface area contributed by atoms with E-state index >= 15 is 0 Å². The van der Waals surface area contributed by atoms with Gasteiger partial charge in [0.15, 0.2) is 5.82 Å². The first-order valence-corrected chi connectivity index (χ1v) is 19.7. The second-order valence-corrected chi connectivity index (χ2v) is 15.2. The minimum absolute atomic E-state index is 0.000976. The fourth-order valence-electron chi connectivity index (χ4n) is 9.17. The zero-order valence-corrected chi connectivity index (χ0v) is 31.1. The number of hydrogen-bond donors (Lipinski definition) is 0. The van der Waals surface area contributed by atoms with E-state index in [-0.39, 0.29) is 5.41 Å². The predicted molar refractivity (Wildman–Crippen MR) is 229 cm³/mol. The van der Waals surface area contributed by atoms with E-state index in [4.69, 9.17) is 9.97 Å². The fourth-order valence-corrected chi connectivity index (χ4v) is 9.17. The molecule has 0 N–H and O–H groups in total. The third-order valence-corrected chi connectivity index (χ3v) is 12.0. The molecule has 0 atom stereocenters. The van der Waals surface area contributed by atoms with E-state index in [0.717, 1.165) is 57.6 Å². The van der Waals surface area contributed by atoms with E-state index in [1.54, 1.807) is 0 Å². The van der Waals surface area contributed by atoms with Crippen LogP contribution < -0.4 is 0 Å². The van der Waals surface area contributed by atoms with Crippen molar-refractivity contribution in [3.8, 4) is 84.5 Å². The molecule has 0 saturated heterocycles. The van der Waals surface area contributed by atoms with Crippen molar-refractivity contribution in [2.24, 2.45) is 0 Å². The third kappa shape index (κ3) is 5.92. The highest BCUT2D eigenvalue weighted by atomic mass is 14.9. The van der Waals surface area contributed by atoms with Crippen molar-refractivity contribution in [1.29, 1.82) is 5.26 Å². The van der Waals surface area contributed by atoms with Gasteiger partial charge in [0.1, 0.15) is 0 Å². The summed E-state index contributed by atoms with van der Waals surface area (Å²) in [5, 5.41) is 9.81. The summed E-state index contributed by atoms with van der Waals surface area (Å²) in [7, 11) is 0. The molecule has 266 valence electrons. The Morgan fingerprint density at radius 2 is 0.982 bits per heavy atom. The van der Waals surface area contributed by atoms with Crippen molar-refractivity contribution in [1.82, 2.24) is 9.97 Å². The molecule has 1 aromatic heterocycles. The Balaban J connectivity index is 1.01. The molecule has 2 aliphatic carbocycles. The molecule has 2 aliphatic rings. The summed E-state index contributed by atoms with van der Waals surface area (Å²) in [6, 6.07) is 64.7. The lowest BCUT2D eigenvalue weighted by molar-refractivity contribution is 0.353. The lowest BCUT2D eigenvalue weighted by atomic mass is 9.67. The zero-order valence-electron chi connectivity index (χ0n) is 31.1. The van der Waals surface area contributed by atoms with Crippen LogP contribution in [0.3, 0.4) is 0 Å². The molecule has 3 nitrogen and oxygen atoms in total. The first kappa shape index (κ1) is 33.7. The Hall–Kier alpha value is -6.89. The van der Waals surface area contributed by atoms with Crippen LogP contribution in [-0.4, -0.2) is 9.97 Å². The van der Waals surface area contributed by atoms with Gasteiger partial charge < -0.3 is 0 Å². The van der Waals surface area contributed by atoms with Crippen molar-refractivity contribution < 1.29 is 0 Å². The minimum atomic E-state index is -0.000976. The topological polar surface area (TPSA) is 49.6 Å². The number of hydrogen-bond acceptors (Lipinski definition) is 3. The highest BCUT2D eigenvalue weighted by Gasteiger charge is 2.44. The Morgan fingerprint density at radius 1 is 0.411 bits per heavy atom. The summed E-state index contributed by atoms with van der Waals surface area (Å²) in [6.07, 6.45) is 6.00. The summed E-state index contributed by atoms with van der Waals surface area (Å²) in [5.41, 5.74) is 18.1. The van der Waals surface area contributed by atoms with Gasteiger partial charge in [-0.1, -0.05) is 171 Å². The number of nitriles is 1. The van der Waals surface area contributed by atoms with Crippen molar-refractivity contribution >= 4 is 0 Å². The van der Waals surface area contributed by atoms with Gasteiger partial charge in [-0.25, -0.2) is 9.97 Å². The van der Waals surface area contributed by atoms with Crippen LogP contribution in [0.2, 0.25) is 0 Å². The van der Waals surface area contributed by atoms with Crippen LogP contribution in [0.1, 0.15) is 48.8 Å². The normalized spacial score (nSPS) is 13.8. The molecule has 1 fully saturated rings. The maximum atomic E-state index is 9.81. The molecule has 1 saturated carbocycles. The SMILES string of the molecule is N#Cc1ccc2c(c1)C1(CCCCC1)c1cccc(-c3ccc(-c4cccc(-c5cc(-c6ccc(-c7ccccc7)cc6)nc(-c6ccccc6)n5)c4)cc3)c1-2. The summed E-state index contributed by atoms with van der Waals surface area (Å²) < 4.78 is 0. The van der Waals surface area contributed by atoms with E-state index < -0.39 is 0 Å². The molecule has 7 aromatic carbocycles. The summed E-state index contributed by atoms with van der Waals surface area (Å²) in [5.74, 6) is 0.704. The molecule has 0 bridgehead atoms. The van der Waals surface area contributed by atoms with E-state index in [9.17, 15) is 5.26 Å². The monoisotopic (exact) mass is 717 g/mol. The van der Waals surface area contributed by atoms with Gasteiger partial charge in [0.05, 0.1) is 23.0 Å². The highest BCUT2D eigenvalue weighted by molar-refractivity contribution is 5.93. The third-order valence-electron chi connectivity index (χ3n) is 12.0. The van der Waals surface area contributed by atoms with Crippen LogP contribution in [0.15, 0.2) is 176 Å². The molecule has 8 aromatic rings. The Kier molecular flexibility index (Phi) is 8.46. The second kappa shape index (κ2) is 14.1. The van der Waals surface area contributed by atoms with Gasteiger partial charge in [-0.15, -0.1) is 0 Å². The second-order valence-electron chi connectivity index (χ2n) is 15.2. The van der Waals surface area contributed by atoms with Gasteiger partial charge in [-0.05, 0) is 92.7 Å². The number of benzene rings is 7. The summed E-state index contributed by atoms with van der Waals surface area (Å²) >= 11 is 0. The van der Waals surface area contributed by atoms with E-state index in [1.807, 2.05) is 30.3 Å². The van der Waals surface area contributed by atoms with Crippen molar-refractivity contribution in [3.05, 3.63) is 193 Å². The van der Waals surface area contributed by atoms with E-state index in [2.05, 4.69) is 152 Å². The van der Waals surface area contributed by atoms with Gasteiger partial charge in [-0.3, -0.25) is 0 Å². The van der Waals surface area contributed by atoms with Gasteiger partial charge in [0.2, 0.25) is 0 Å². The molecular formula is C53H39N3.